The molecule has 0 radical (unpaired) electrons. The summed E-state index contributed by atoms with van der Waals surface area (Å²) >= 11 is 3.39. The number of aromatic hydroxyl groups is 1. The molecule has 0 unspecified atom stereocenters. The van der Waals surface area contributed by atoms with Crippen LogP contribution in [0, 0.1) is 13.8 Å². The number of rotatable bonds is 4. The van der Waals surface area contributed by atoms with Crippen LogP contribution >= 0.6 is 15.9 Å². The molecule has 1 fully saturated rings. The second-order valence-corrected chi connectivity index (χ2v) is 7.47. The summed E-state index contributed by atoms with van der Waals surface area (Å²) in [6.07, 6.45) is 9.03. The number of carbonyl (C=O) groups is 1. The molecule has 2 aromatic heterocycles. The Bertz CT molecular complexity index is 701. The third-order valence-electron chi connectivity index (χ3n) is 4.24. The first-order chi connectivity index (χ1) is 13.4. The van der Waals surface area contributed by atoms with Gasteiger partial charge in [-0.2, -0.15) is 0 Å². The van der Waals surface area contributed by atoms with Crippen LogP contribution in [-0.4, -0.2) is 27.8 Å². The zero-order valence-corrected chi connectivity index (χ0v) is 18.8. The Morgan fingerprint density at radius 1 is 1.14 bits per heavy atom. The van der Waals surface area contributed by atoms with Gasteiger partial charge < -0.3 is 14.4 Å². The largest absolute Gasteiger partial charge is 0.506 e. The van der Waals surface area contributed by atoms with E-state index in [1.165, 1.54) is 38.5 Å². The predicted molar refractivity (Wildman–Crippen MR) is 113 cm³/mol. The molecule has 1 aliphatic rings. The Balaban J connectivity index is 0.000000268. The van der Waals surface area contributed by atoms with Crippen molar-refractivity contribution in [2.24, 2.45) is 0 Å². The first kappa shape index (κ1) is 24.1. The first-order valence-corrected chi connectivity index (χ1v) is 10.8. The van der Waals surface area contributed by atoms with Gasteiger partial charge in [0, 0.05) is 10.9 Å². The van der Waals surface area contributed by atoms with Gasteiger partial charge in [-0.05, 0) is 39.8 Å². The number of pyridine rings is 1. The van der Waals surface area contributed by atoms with Gasteiger partial charge in [0.25, 0.3) is 6.47 Å². The molecule has 0 bridgehead atoms. The molecule has 156 valence electrons. The van der Waals surface area contributed by atoms with Gasteiger partial charge in [0.15, 0.2) is 5.76 Å². The average Bonchev–Trinajstić information content (AvgIpc) is 3.07. The van der Waals surface area contributed by atoms with Gasteiger partial charge >= 0.3 is 0 Å². The fourth-order valence-electron chi connectivity index (χ4n) is 2.60. The molecule has 1 N–H and O–H groups in total. The van der Waals surface area contributed by atoms with Crippen LogP contribution in [0.4, 0.5) is 0 Å². The highest BCUT2D eigenvalue weighted by Crippen LogP contribution is 2.28. The fraction of sp³-hybridized carbons (Fsp3) is 0.571. The first-order valence-electron chi connectivity index (χ1n) is 9.67. The van der Waals surface area contributed by atoms with Crippen molar-refractivity contribution in [1.82, 2.24) is 10.1 Å². The zero-order valence-electron chi connectivity index (χ0n) is 17.2. The molecular weight excluding hydrogens is 424 g/mol. The number of hydrogen-bond acceptors (Lipinski definition) is 6. The maximum Gasteiger partial charge on any atom is 0.293 e. The number of aromatic nitrogens is 2. The lowest BCUT2D eigenvalue weighted by molar-refractivity contribution is -0.131. The Hall–Kier alpha value is -1.89. The number of ether oxygens (including phenoxy) is 1. The third kappa shape index (κ3) is 8.42. The van der Waals surface area contributed by atoms with Crippen molar-refractivity contribution in [3.8, 4) is 17.2 Å². The number of nitrogens with zero attached hydrogens (tertiary/aromatic N) is 2. The lowest BCUT2D eigenvalue weighted by Crippen LogP contribution is -1.98. The van der Waals surface area contributed by atoms with E-state index in [2.05, 4.69) is 30.8 Å². The summed E-state index contributed by atoms with van der Waals surface area (Å²) in [5.41, 5.74) is 3.09. The monoisotopic (exact) mass is 454 g/mol. The van der Waals surface area contributed by atoms with Gasteiger partial charge in [0.2, 0.25) is 0 Å². The molecule has 0 spiro atoms. The lowest BCUT2D eigenvalue weighted by atomic mass is 10.0. The molecule has 2 aromatic rings. The Morgan fingerprint density at radius 3 is 2.11 bits per heavy atom. The zero-order chi connectivity index (χ0) is 20.9. The van der Waals surface area contributed by atoms with Gasteiger partial charge in [-0.15, -0.1) is 0 Å². The van der Waals surface area contributed by atoms with Gasteiger partial charge in [-0.25, -0.2) is 4.98 Å². The second-order valence-electron chi connectivity index (χ2n) is 6.91. The van der Waals surface area contributed by atoms with E-state index in [-0.39, 0.29) is 11.9 Å². The highest BCUT2D eigenvalue weighted by Gasteiger charge is 2.15. The van der Waals surface area contributed by atoms with Crippen LogP contribution in [0.15, 0.2) is 16.7 Å². The van der Waals surface area contributed by atoms with Crippen LogP contribution in [0.2, 0.25) is 0 Å². The summed E-state index contributed by atoms with van der Waals surface area (Å²) in [4.78, 5) is 13.7. The Morgan fingerprint density at radius 2 is 1.71 bits per heavy atom. The minimum atomic E-state index is 0.0301. The second kappa shape index (κ2) is 13.3. The van der Waals surface area contributed by atoms with E-state index in [4.69, 9.17) is 4.52 Å². The van der Waals surface area contributed by atoms with Crippen LogP contribution in [0.5, 0.6) is 5.75 Å². The number of aryl methyl sites for hydroxylation is 2. The smallest absolute Gasteiger partial charge is 0.293 e. The van der Waals surface area contributed by atoms with E-state index >= 15 is 0 Å². The van der Waals surface area contributed by atoms with E-state index < -0.39 is 0 Å². The maximum absolute atomic E-state index is 9.40. The maximum atomic E-state index is 9.40. The molecule has 0 aromatic carbocycles. The molecule has 0 saturated heterocycles. The number of hydrogen-bond donors (Lipinski definition) is 1. The molecule has 0 aliphatic heterocycles. The van der Waals surface area contributed by atoms with Crippen molar-refractivity contribution in [2.75, 3.05) is 0 Å². The van der Waals surface area contributed by atoms with Crippen LogP contribution < -0.4 is 0 Å². The van der Waals surface area contributed by atoms with E-state index in [0.29, 0.717) is 29.0 Å². The molecule has 0 amide bonds. The van der Waals surface area contributed by atoms with Crippen LogP contribution in [0.1, 0.15) is 69.3 Å². The van der Waals surface area contributed by atoms with Crippen molar-refractivity contribution in [3.05, 3.63) is 29.1 Å². The quantitative estimate of drug-likeness (QED) is 0.459. The van der Waals surface area contributed by atoms with Crippen LogP contribution in [0.25, 0.3) is 11.5 Å². The Kier molecular flexibility index (Phi) is 11.5. The van der Waals surface area contributed by atoms with Crippen LogP contribution in [0.3, 0.4) is 0 Å². The van der Waals surface area contributed by atoms with Crippen molar-refractivity contribution in [1.29, 1.82) is 0 Å². The molecule has 1 saturated carbocycles. The molecule has 2 heterocycles. The predicted octanol–water partition coefficient (Wildman–Crippen LogP) is 5.86. The van der Waals surface area contributed by atoms with Crippen molar-refractivity contribution in [2.45, 2.75) is 77.7 Å². The van der Waals surface area contributed by atoms with Gasteiger partial charge in [-0.1, -0.05) is 59.6 Å². The number of alkyl halides is 1. The molecule has 0 atom stereocenters. The standard InChI is InChI=1S/C11H11BrN2O2.C6H12.C4H8O2/c1-6-8(5-12)11(16-14-6)9-3-4-10(15)7(2)13-9;1-2-4-6-5-3-1;1-4(2)6-3-5/h3-4,15H,5H2,1-2H3;1-6H2;3-4H,1-2H3. The number of halogens is 1. The van der Waals surface area contributed by atoms with E-state index in [1.54, 1.807) is 32.9 Å². The summed E-state index contributed by atoms with van der Waals surface area (Å²) in [5, 5.41) is 14.0. The van der Waals surface area contributed by atoms with Crippen molar-refractivity contribution in [3.63, 3.8) is 0 Å². The minimum Gasteiger partial charge on any atom is -0.506 e. The van der Waals surface area contributed by atoms with Crippen molar-refractivity contribution < 1.29 is 19.2 Å². The van der Waals surface area contributed by atoms with E-state index in [9.17, 15) is 9.90 Å². The molecule has 3 rings (SSSR count). The average molecular weight is 455 g/mol. The van der Waals surface area contributed by atoms with Gasteiger partial charge in [-0.3, -0.25) is 4.79 Å². The molecular formula is C21H31BrN2O4. The number of carbonyl (C=O) groups excluding carboxylic acids is 1. The summed E-state index contributed by atoms with van der Waals surface area (Å²) < 4.78 is 9.60. The topological polar surface area (TPSA) is 85.5 Å². The summed E-state index contributed by atoms with van der Waals surface area (Å²) in [7, 11) is 0. The Labute approximate surface area is 175 Å². The van der Waals surface area contributed by atoms with Gasteiger partial charge in [0.1, 0.15) is 11.4 Å². The molecule has 7 heteroatoms. The highest BCUT2D eigenvalue weighted by atomic mass is 79.9. The molecule has 1 aliphatic carbocycles. The van der Waals surface area contributed by atoms with E-state index in [1.807, 2.05) is 6.92 Å². The summed E-state index contributed by atoms with van der Waals surface area (Å²) in [6, 6.07) is 3.32. The lowest BCUT2D eigenvalue weighted by Gasteiger charge is -2.05. The van der Waals surface area contributed by atoms with E-state index in [0.717, 1.165) is 11.3 Å². The molecule has 28 heavy (non-hydrogen) atoms. The highest BCUT2D eigenvalue weighted by molar-refractivity contribution is 9.08. The minimum absolute atomic E-state index is 0.0301. The van der Waals surface area contributed by atoms with Crippen LogP contribution in [-0.2, 0) is 14.9 Å². The van der Waals surface area contributed by atoms with Crippen molar-refractivity contribution >= 4 is 22.4 Å². The normalized spacial score (nSPS) is 13.1. The SMILES string of the molecule is C1CCCCC1.CC(C)OC=O.Cc1nc(-c2onc(C)c2CBr)ccc1O. The third-order valence-corrected chi connectivity index (χ3v) is 4.80. The summed E-state index contributed by atoms with van der Waals surface area (Å²) in [5.74, 6) is 0.831. The fourth-order valence-corrected chi connectivity index (χ4v) is 3.26. The summed E-state index contributed by atoms with van der Waals surface area (Å²) in [6.45, 7) is 7.68. The molecule has 6 nitrogen and oxygen atoms in total. The van der Waals surface area contributed by atoms with Gasteiger partial charge in [0.05, 0.1) is 17.5 Å².